The summed E-state index contributed by atoms with van der Waals surface area (Å²) in [6.07, 6.45) is -3.92. The van der Waals surface area contributed by atoms with Gasteiger partial charge in [-0.15, -0.1) is 5.10 Å². The molecule has 4 rings (SSSR count). The zero-order valence-electron chi connectivity index (χ0n) is 19.3. The van der Waals surface area contributed by atoms with Gasteiger partial charge in [-0.2, -0.15) is 18.3 Å². The van der Waals surface area contributed by atoms with Crippen LogP contribution < -0.4 is 10.6 Å². The van der Waals surface area contributed by atoms with E-state index in [9.17, 15) is 22.8 Å². The zero-order valence-corrected chi connectivity index (χ0v) is 20.8. The summed E-state index contributed by atoms with van der Waals surface area (Å²) in [5, 5.41) is 16.8. The first-order valence-corrected chi connectivity index (χ1v) is 11.4. The normalized spacial score (nSPS) is 11.4. The molecule has 0 fully saturated rings. The first kappa shape index (κ1) is 26.2. The van der Waals surface area contributed by atoms with Crippen LogP contribution in [0.3, 0.4) is 0 Å². The average Bonchev–Trinajstić information content (AvgIpc) is 3.48. The molecule has 0 aliphatic heterocycles. The van der Waals surface area contributed by atoms with Crippen LogP contribution >= 0.6 is 23.2 Å². The molecule has 0 spiro atoms. The molecule has 0 aliphatic carbocycles. The molecular formula is C23H18Cl2F3N7O2. The van der Waals surface area contributed by atoms with Crippen LogP contribution in [0.1, 0.15) is 37.8 Å². The zero-order chi connectivity index (χ0) is 26.9. The quantitative estimate of drug-likeness (QED) is 0.359. The van der Waals surface area contributed by atoms with Gasteiger partial charge in [-0.1, -0.05) is 40.5 Å². The lowest BCUT2D eigenvalue weighted by Gasteiger charge is -2.15. The lowest BCUT2D eigenvalue weighted by atomic mass is 10.1. The number of alkyl halides is 3. The smallest absolute Gasteiger partial charge is 0.355 e. The van der Waals surface area contributed by atoms with Crippen molar-refractivity contribution in [2.45, 2.75) is 19.6 Å². The third-order valence-corrected chi connectivity index (χ3v) is 5.77. The van der Waals surface area contributed by atoms with Gasteiger partial charge in [0.1, 0.15) is 5.69 Å². The minimum absolute atomic E-state index is 0.0106. The molecule has 0 atom stereocenters. The second-order valence-corrected chi connectivity index (χ2v) is 8.71. The number of rotatable bonds is 6. The van der Waals surface area contributed by atoms with Crippen LogP contribution in [-0.4, -0.2) is 43.6 Å². The number of aryl methyl sites for hydroxylation is 1. The highest BCUT2D eigenvalue weighted by Gasteiger charge is 2.34. The molecule has 0 bridgehead atoms. The number of para-hydroxylation sites is 1. The van der Waals surface area contributed by atoms with Gasteiger partial charge in [0.2, 0.25) is 0 Å². The summed E-state index contributed by atoms with van der Waals surface area (Å²) in [5.41, 5.74) is 0.330. The van der Waals surface area contributed by atoms with Crippen molar-refractivity contribution < 1.29 is 22.8 Å². The number of halogens is 5. The fourth-order valence-electron chi connectivity index (χ4n) is 3.55. The van der Waals surface area contributed by atoms with Crippen molar-refractivity contribution in [3.05, 3.63) is 86.9 Å². The predicted molar refractivity (Wildman–Crippen MR) is 130 cm³/mol. The number of hydrogen-bond donors (Lipinski definition) is 2. The van der Waals surface area contributed by atoms with Gasteiger partial charge in [0.25, 0.3) is 11.8 Å². The maximum Gasteiger partial charge on any atom is 0.436 e. The van der Waals surface area contributed by atoms with E-state index in [4.69, 9.17) is 23.2 Å². The SMILES string of the molecule is CNC(=O)c1cc(Cl)cc(C)c1NC(=O)c1cc(Cn2cc(C(F)(F)F)nn2)nn1-c1ccccc1Cl. The van der Waals surface area contributed by atoms with E-state index in [1.165, 1.54) is 23.9 Å². The minimum Gasteiger partial charge on any atom is -0.355 e. The maximum absolute atomic E-state index is 13.5. The maximum atomic E-state index is 13.5. The van der Waals surface area contributed by atoms with Crippen molar-refractivity contribution in [1.29, 1.82) is 0 Å². The fraction of sp³-hybridized carbons (Fsp3) is 0.174. The predicted octanol–water partition coefficient (Wildman–Crippen LogP) is 4.76. The highest BCUT2D eigenvalue weighted by molar-refractivity contribution is 6.32. The van der Waals surface area contributed by atoms with Crippen molar-refractivity contribution in [3.63, 3.8) is 0 Å². The first-order chi connectivity index (χ1) is 17.5. The van der Waals surface area contributed by atoms with E-state index < -0.39 is 23.7 Å². The Morgan fingerprint density at radius 2 is 1.81 bits per heavy atom. The van der Waals surface area contributed by atoms with Gasteiger partial charge in [-0.3, -0.25) is 9.59 Å². The fourth-order valence-corrected chi connectivity index (χ4v) is 4.04. The molecule has 4 aromatic rings. The van der Waals surface area contributed by atoms with Crippen LogP contribution in [0, 0.1) is 6.92 Å². The summed E-state index contributed by atoms with van der Waals surface area (Å²) < 4.78 is 41.0. The average molecular weight is 552 g/mol. The Morgan fingerprint density at radius 1 is 1.08 bits per heavy atom. The van der Waals surface area contributed by atoms with Crippen LogP contribution in [0.4, 0.5) is 18.9 Å². The van der Waals surface area contributed by atoms with Crippen LogP contribution in [0.2, 0.25) is 10.0 Å². The highest BCUT2D eigenvalue weighted by atomic mass is 35.5. The van der Waals surface area contributed by atoms with Crippen LogP contribution in [0.15, 0.2) is 48.7 Å². The standard InChI is InChI=1S/C23H18Cl2F3N7O2/c1-12-7-13(24)8-15(21(36)29-2)20(12)30-22(37)18-9-14(10-34-11-19(31-33-34)23(26,27)28)32-35(18)17-6-4-3-5-16(17)25/h3-9,11H,10H2,1-2H3,(H,29,36)(H,30,37). The van der Waals surface area contributed by atoms with E-state index in [-0.39, 0.29) is 34.2 Å². The first-order valence-electron chi connectivity index (χ1n) is 10.6. The van der Waals surface area contributed by atoms with Gasteiger partial charge < -0.3 is 10.6 Å². The van der Waals surface area contributed by atoms with Gasteiger partial charge >= 0.3 is 6.18 Å². The van der Waals surface area contributed by atoms with E-state index in [0.29, 0.717) is 16.3 Å². The summed E-state index contributed by atoms with van der Waals surface area (Å²) in [6.45, 7) is 1.47. The second-order valence-electron chi connectivity index (χ2n) is 7.86. The molecule has 2 N–H and O–H groups in total. The molecule has 37 heavy (non-hydrogen) atoms. The third kappa shape index (κ3) is 5.59. The second kappa shape index (κ2) is 10.2. The summed E-state index contributed by atoms with van der Waals surface area (Å²) in [6, 6.07) is 11.0. The Kier molecular flexibility index (Phi) is 7.23. The number of anilines is 1. The van der Waals surface area contributed by atoms with Crippen LogP contribution in [-0.2, 0) is 12.7 Å². The summed E-state index contributed by atoms with van der Waals surface area (Å²) >= 11 is 12.4. The number of hydrogen-bond acceptors (Lipinski definition) is 5. The Morgan fingerprint density at radius 3 is 2.46 bits per heavy atom. The third-order valence-electron chi connectivity index (χ3n) is 5.24. The minimum atomic E-state index is -4.65. The van der Waals surface area contributed by atoms with E-state index in [1.807, 2.05) is 0 Å². The van der Waals surface area contributed by atoms with E-state index in [0.717, 1.165) is 10.9 Å². The number of nitrogens with zero attached hydrogens (tertiary/aromatic N) is 5. The topological polar surface area (TPSA) is 107 Å². The van der Waals surface area contributed by atoms with Gasteiger partial charge in [0.15, 0.2) is 5.69 Å². The summed E-state index contributed by atoms with van der Waals surface area (Å²) in [5.74, 6) is -1.11. The van der Waals surface area contributed by atoms with Crippen molar-refractivity contribution in [1.82, 2.24) is 30.1 Å². The molecule has 14 heteroatoms. The van der Waals surface area contributed by atoms with Gasteiger partial charge in [0, 0.05) is 12.1 Å². The van der Waals surface area contributed by atoms with E-state index in [1.54, 1.807) is 37.3 Å². The Balaban J connectivity index is 1.75. The lowest BCUT2D eigenvalue weighted by Crippen LogP contribution is -2.23. The lowest BCUT2D eigenvalue weighted by molar-refractivity contribution is -0.141. The molecule has 2 aromatic heterocycles. The van der Waals surface area contributed by atoms with Crippen molar-refractivity contribution in [3.8, 4) is 5.69 Å². The molecule has 0 unspecified atom stereocenters. The Bertz CT molecular complexity index is 1500. The molecular weight excluding hydrogens is 534 g/mol. The van der Waals surface area contributed by atoms with Gasteiger partial charge in [-0.05, 0) is 42.8 Å². The molecule has 0 radical (unpaired) electrons. The highest BCUT2D eigenvalue weighted by Crippen LogP contribution is 2.29. The number of benzene rings is 2. The molecule has 2 amide bonds. The monoisotopic (exact) mass is 551 g/mol. The number of aromatic nitrogens is 5. The Hall–Kier alpha value is -3.90. The number of carbonyl (C=O) groups is 2. The van der Waals surface area contributed by atoms with Gasteiger partial charge in [0.05, 0.1) is 40.4 Å². The van der Waals surface area contributed by atoms with Gasteiger partial charge in [-0.25, -0.2) is 9.36 Å². The van der Waals surface area contributed by atoms with E-state index >= 15 is 0 Å². The summed E-state index contributed by atoms with van der Waals surface area (Å²) in [7, 11) is 1.44. The number of nitrogens with one attached hydrogen (secondary N) is 2. The van der Waals surface area contributed by atoms with Crippen molar-refractivity contribution in [2.75, 3.05) is 12.4 Å². The molecule has 0 saturated carbocycles. The molecule has 2 aromatic carbocycles. The Labute approximate surface area is 218 Å². The molecule has 0 saturated heterocycles. The van der Waals surface area contributed by atoms with Crippen molar-refractivity contribution >= 4 is 40.7 Å². The molecule has 9 nitrogen and oxygen atoms in total. The molecule has 0 aliphatic rings. The van der Waals surface area contributed by atoms with Crippen molar-refractivity contribution in [2.24, 2.45) is 0 Å². The van der Waals surface area contributed by atoms with Crippen LogP contribution in [0.25, 0.3) is 5.69 Å². The molecule has 192 valence electrons. The van der Waals surface area contributed by atoms with E-state index in [2.05, 4.69) is 26.0 Å². The summed E-state index contributed by atoms with van der Waals surface area (Å²) in [4.78, 5) is 25.9. The largest absolute Gasteiger partial charge is 0.436 e. The van der Waals surface area contributed by atoms with Crippen LogP contribution in [0.5, 0.6) is 0 Å². The number of amides is 2. The number of carbonyl (C=O) groups excluding carboxylic acids is 2. The molecule has 2 heterocycles.